The van der Waals surface area contributed by atoms with Gasteiger partial charge in [0.05, 0.1) is 18.8 Å². The fourth-order valence-electron chi connectivity index (χ4n) is 4.96. The molecule has 0 spiro atoms. The highest BCUT2D eigenvalue weighted by Gasteiger charge is 2.42. The van der Waals surface area contributed by atoms with E-state index in [0.717, 1.165) is 45.0 Å². The summed E-state index contributed by atoms with van der Waals surface area (Å²) in [6, 6.07) is 30.3. The van der Waals surface area contributed by atoms with Gasteiger partial charge in [0.15, 0.2) is 0 Å². The van der Waals surface area contributed by atoms with Gasteiger partial charge in [-0.25, -0.2) is 0 Å². The molecule has 0 fully saturated rings. The zero-order chi connectivity index (χ0) is 27.6. The number of halogens is 2. The van der Waals surface area contributed by atoms with E-state index in [1.54, 1.807) is 7.11 Å². The van der Waals surface area contributed by atoms with E-state index < -0.39 is 0 Å². The number of H-pyrrole nitrogens is 1. The summed E-state index contributed by atoms with van der Waals surface area (Å²) in [6.45, 7) is 0.842. The number of aromatic amines is 1. The van der Waals surface area contributed by atoms with Gasteiger partial charge in [0.2, 0.25) is 0 Å². The molecule has 0 saturated heterocycles. The normalized spacial score (nSPS) is 14.3. The summed E-state index contributed by atoms with van der Waals surface area (Å²) in [6.07, 6.45) is 0. The van der Waals surface area contributed by atoms with Gasteiger partial charge >= 0.3 is 0 Å². The third kappa shape index (κ3) is 5.16. The number of fused-ring (bicyclic) bond motifs is 1. The fourth-order valence-corrected chi connectivity index (χ4v) is 5.21. The number of nitrogens with one attached hydrogen (secondary N) is 1. The Balaban J connectivity index is 1.34. The summed E-state index contributed by atoms with van der Waals surface area (Å²) in [5.41, 5.74) is 5.93. The first-order valence-electron chi connectivity index (χ1n) is 12.8. The lowest BCUT2D eigenvalue weighted by atomic mass is 9.95. The quantitative estimate of drug-likeness (QED) is 0.208. The molecule has 40 heavy (non-hydrogen) atoms. The third-order valence-electron chi connectivity index (χ3n) is 7.01. The van der Waals surface area contributed by atoms with Gasteiger partial charge in [0.25, 0.3) is 5.91 Å². The molecule has 0 aliphatic carbocycles. The average Bonchev–Trinajstić information content (AvgIpc) is 3.53. The number of hydrogen-bond donors (Lipinski definition) is 1. The van der Waals surface area contributed by atoms with E-state index in [-0.39, 0.29) is 11.9 Å². The Hall–Kier alpha value is -4.26. The van der Waals surface area contributed by atoms with Crippen LogP contribution in [0.1, 0.15) is 38.8 Å². The van der Waals surface area contributed by atoms with E-state index in [9.17, 15) is 4.79 Å². The highest BCUT2D eigenvalue weighted by Crippen LogP contribution is 2.44. The molecule has 6 nitrogen and oxygen atoms in total. The maximum atomic E-state index is 13.7. The lowest BCUT2D eigenvalue weighted by Crippen LogP contribution is -2.29. The monoisotopic (exact) mass is 569 g/mol. The molecule has 1 aromatic heterocycles. The third-order valence-corrected chi connectivity index (χ3v) is 7.51. The molecule has 8 heteroatoms. The van der Waals surface area contributed by atoms with Crippen molar-refractivity contribution in [2.24, 2.45) is 0 Å². The number of aromatic nitrogens is 2. The van der Waals surface area contributed by atoms with Crippen LogP contribution in [0, 0.1) is 0 Å². The van der Waals surface area contributed by atoms with Crippen LogP contribution in [0.3, 0.4) is 0 Å². The van der Waals surface area contributed by atoms with Gasteiger partial charge in [-0.15, -0.1) is 0 Å². The second-order valence-corrected chi connectivity index (χ2v) is 10.4. The number of rotatable bonds is 8. The molecule has 0 bridgehead atoms. The molecule has 1 N–H and O–H groups in total. The first-order valence-corrected chi connectivity index (χ1v) is 13.5. The van der Waals surface area contributed by atoms with Gasteiger partial charge in [0, 0.05) is 27.7 Å². The summed E-state index contributed by atoms with van der Waals surface area (Å²) >= 11 is 12.1. The molecule has 1 unspecified atom stereocenters. The van der Waals surface area contributed by atoms with Crippen LogP contribution in [-0.2, 0) is 13.2 Å². The van der Waals surface area contributed by atoms with E-state index in [0.29, 0.717) is 28.9 Å². The molecule has 200 valence electrons. The van der Waals surface area contributed by atoms with Crippen LogP contribution in [0.15, 0.2) is 97.1 Å². The molecule has 5 aromatic rings. The van der Waals surface area contributed by atoms with E-state index in [2.05, 4.69) is 10.2 Å². The van der Waals surface area contributed by atoms with Crippen LogP contribution in [0.2, 0.25) is 10.0 Å². The van der Waals surface area contributed by atoms with Crippen molar-refractivity contribution in [1.29, 1.82) is 0 Å². The van der Waals surface area contributed by atoms with Crippen molar-refractivity contribution >= 4 is 29.1 Å². The van der Waals surface area contributed by atoms with Crippen LogP contribution in [0.5, 0.6) is 11.5 Å². The van der Waals surface area contributed by atoms with E-state index in [1.807, 2.05) is 102 Å². The second kappa shape index (κ2) is 11.1. The Morgan fingerprint density at radius 2 is 1.40 bits per heavy atom. The number of hydrogen-bond acceptors (Lipinski definition) is 4. The molecule has 1 amide bonds. The van der Waals surface area contributed by atoms with Crippen LogP contribution in [0.25, 0.3) is 11.3 Å². The Bertz CT molecular complexity index is 1630. The summed E-state index contributed by atoms with van der Waals surface area (Å²) in [4.78, 5) is 15.6. The number of nitrogens with zero attached hydrogens (tertiary/aromatic N) is 2. The Morgan fingerprint density at radius 1 is 0.800 bits per heavy atom. The molecular weight excluding hydrogens is 545 g/mol. The summed E-state index contributed by atoms with van der Waals surface area (Å²) in [5, 5.41) is 8.92. The Morgan fingerprint density at radius 3 is 2.02 bits per heavy atom. The zero-order valence-corrected chi connectivity index (χ0v) is 23.1. The SMILES string of the molecule is COc1ccc(-c2n[nH]c3c2C(c2ccc(OCc4ccc(Cl)cc4)cc2)N(Cc2ccc(Cl)cc2)C3=O)cc1. The molecular formula is C32H25Cl2N3O3. The number of benzene rings is 4. The molecule has 0 saturated carbocycles. The Kier molecular flexibility index (Phi) is 7.20. The highest BCUT2D eigenvalue weighted by molar-refractivity contribution is 6.30. The summed E-state index contributed by atoms with van der Waals surface area (Å²) in [5.74, 6) is 1.38. The van der Waals surface area contributed by atoms with Crippen molar-refractivity contribution in [1.82, 2.24) is 15.1 Å². The smallest absolute Gasteiger partial charge is 0.273 e. The lowest BCUT2D eigenvalue weighted by Gasteiger charge is -2.27. The van der Waals surface area contributed by atoms with Crippen molar-refractivity contribution in [3.63, 3.8) is 0 Å². The molecule has 1 atom stereocenters. The van der Waals surface area contributed by atoms with Gasteiger partial charge in [-0.1, -0.05) is 59.6 Å². The minimum atomic E-state index is -0.348. The standard InChI is InChI=1S/C32H25Cl2N3O3/c1-39-26-14-6-22(7-15-26)29-28-30(36-35-29)32(38)37(18-20-2-10-24(33)11-3-20)31(28)23-8-16-27(17-9-23)40-19-21-4-12-25(34)13-5-21/h2-17,31H,18-19H2,1H3,(H,35,36). The first kappa shape index (κ1) is 26.0. The van der Waals surface area contributed by atoms with Crippen molar-refractivity contribution in [2.75, 3.05) is 7.11 Å². The van der Waals surface area contributed by atoms with Gasteiger partial charge in [-0.2, -0.15) is 5.10 Å². The molecule has 2 heterocycles. The molecule has 6 rings (SSSR count). The van der Waals surface area contributed by atoms with Crippen molar-refractivity contribution in [3.05, 3.63) is 135 Å². The predicted molar refractivity (Wildman–Crippen MR) is 156 cm³/mol. The van der Waals surface area contributed by atoms with Crippen LogP contribution in [0.4, 0.5) is 0 Å². The number of amides is 1. The topological polar surface area (TPSA) is 67.5 Å². The summed E-state index contributed by atoms with van der Waals surface area (Å²) in [7, 11) is 1.63. The average molecular weight is 570 g/mol. The highest BCUT2D eigenvalue weighted by atomic mass is 35.5. The first-order chi connectivity index (χ1) is 19.5. The van der Waals surface area contributed by atoms with Crippen molar-refractivity contribution in [2.45, 2.75) is 19.2 Å². The Labute approximate surface area is 242 Å². The zero-order valence-electron chi connectivity index (χ0n) is 21.6. The van der Waals surface area contributed by atoms with Gasteiger partial charge in [0.1, 0.15) is 23.8 Å². The number of carbonyl (C=O) groups excluding carboxylic acids is 1. The van der Waals surface area contributed by atoms with Crippen LogP contribution >= 0.6 is 23.2 Å². The van der Waals surface area contributed by atoms with E-state index >= 15 is 0 Å². The lowest BCUT2D eigenvalue weighted by molar-refractivity contribution is 0.0730. The second-order valence-electron chi connectivity index (χ2n) is 9.54. The minimum absolute atomic E-state index is 0.106. The van der Waals surface area contributed by atoms with E-state index in [1.165, 1.54) is 0 Å². The van der Waals surface area contributed by atoms with Crippen LogP contribution in [-0.4, -0.2) is 28.1 Å². The minimum Gasteiger partial charge on any atom is -0.497 e. The summed E-state index contributed by atoms with van der Waals surface area (Å²) < 4.78 is 11.3. The van der Waals surface area contributed by atoms with Crippen molar-refractivity contribution < 1.29 is 14.3 Å². The van der Waals surface area contributed by atoms with Crippen molar-refractivity contribution in [3.8, 4) is 22.8 Å². The van der Waals surface area contributed by atoms with E-state index in [4.69, 9.17) is 32.7 Å². The van der Waals surface area contributed by atoms with Gasteiger partial charge in [-0.05, 0) is 77.4 Å². The maximum absolute atomic E-state index is 13.7. The number of ether oxygens (including phenoxy) is 2. The van der Waals surface area contributed by atoms with Gasteiger partial charge < -0.3 is 14.4 Å². The predicted octanol–water partition coefficient (Wildman–Crippen LogP) is 7.72. The molecule has 4 aromatic carbocycles. The largest absolute Gasteiger partial charge is 0.497 e. The number of methoxy groups -OCH3 is 1. The van der Waals surface area contributed by atoms with Crippen LogP contribution < -0.4 is 9.47 Å². The molecule has 1 aliphatic rings. The van der Waals surface area contributed by atoms with Gasteiger partial charge in [-0.3, -0.25) is 9.89 Å². The number of carbonyl (C=O) groups is 1. The molecule has 0 radical (unpaired) electrons. The maximum Gasteiger partial charge on any atom is 0.273 e. The fraction of sp³-hybridized carbons (Fsp3) is 0.125. The molecule has 1 aliphatic heterocycles.